The van der Waals surface area contributed by atoms with Crippen LogP contribution in [0, 0.1) is 0 Å². The Morgan fingerprint density at radius 1 is 1.53 bits per heavy atom. The molecule has 0 aromatic carbocycles. The van der Waals surface area contributed by atoms with Gasteiger partial charge in [0.15, 0.2) is 5.96 Å². The predicted octanol–water partition coefficient (Wildman–Crippen LogP) is 0.269. The molecule has 0 spiro atoms. The SMILES string of the molecule is NC1=NC[C@H](CO)N1CCc1ccc(Cl)nc1. The van der Waals surface area contributed by atoms with Crippen LogP contribution in [0.2, 0.25) is 5.15 Å². The Labute approximate surface area is 105 Å². The van der Waals surface area contributed by atoms with Crippen LogP contribution in [0.1, 0.15) is 5.56 Å². The quantitative estimate of drug-likeness (QED) is 0.757. The Balaban J connectivity index is 1.93. The van der Waals surface area contributed by atoms with Crippen LogP contribution < -0.4 is 5.73 Å². The van der Waals surface area contributed by atoms with Gasteiger partial charge in [0.2, 0.25) is 0 Å². The number of aliphatic hydroxyl groups excluding tert-OH is 1. The fraction of sp³-hybridized carbons (Fsp3) is 0.455. The summed E-state index contributed by atoms with van der Waals surface area (Å²) in [6.45, 7) is 1.37. The fourth-order valence-electron chi connectivity index (χ4n) is 1.83. The van der Waals surface area contributed by atoms with Gasteiger partial charge in [-0.15, -0.1) is 0 Å². The lowest BCUT2D eigenvalue weighted by atomic mass is 10.2. The summed E-state index contributed by atoms with van der Waals surface area (Å²) in [5.41, 5.74) is 6.85. The standard InChI is InChI=1S/C11H15ClN4O/c12-10-2-1-8(5-14-10)3-4-16-9(7-17)6-15-11(16)13/h1-2,5,9,17H,3-4,6-7H2,(H2,13,15)/t9-/m1/s1. The van der Waals surface area contributed by atoms with E-state index >= 15 is 0 Å². The summed E-state index contributed by atoms with van der Waals surface area (Å²) < 4.78 is 0. The van der Waals surface area contributed by atoms with Crippen molar-refractivity contribution in [3.8, 4) is 0 Å². The normalized spacial score (nSPS) is 19.5. The lowest BCUT2D eigenvalue weighted by Gasteiger charge is -2.24. The second kappa shape index (κ2) is 5.33. The number of aliphatic hydroxyl groups is 1. The van der Waals surface area contributed by atoms with Crippen molar-refractivity contribution in [2.45, 2.75) is 12.5 Å². The van der Waals surface area contributed by atoms with Gasteiger partial charge >= 0.3 is 0 Å². The lowest BCUT2D eigenvalue weighted by molar-refractivity contribution is 0.196. The van der Waals surface area contributed by atoms with E-state index in [-0.39, 0.29) is 12.6 Å². The molecule has 6 heteroatoms. The Bertz CT molecular complexity index is 406. The van der Waals surface area contributed by atoms with E-state index in [1.54, 1.807) is 12.3 Å². The van der Waals surface area contributed by atoms with Gasteiger partial charge in [-0.2, -0.15) is 0 Å². The monoisotopic (exact) mass is 254 g/mol. The van der Waals surface area contributed by atoms with E-state index in [4.69, 9.17) is 17.3 Å². The molecule has 0 unspecified atom stereocenters. The largest absolute Gasteiger partial charge is 0.394 e. The topological polar surface area (TPSA) is 74.7 Å². The molecule has 2 heterocycles. The molecule has 2 rings (SSSR count). The van der Waals surface area contributed by atoms with E-state index in [0.717, 1.165) is 18.5 Å². The molecule has 0 radical (unpaired) electrons. The summed E-state index contributed by atoms with van der Waals surface area (Å²) in [7, 11) is 0. The average molecular weight is 255 g/mol. The summed E-state index contributed by atoms with van der Waals surface area (Å²) in [5, 5.41) is 9.68. The van der Waals surface area contributed by atoms with Gasteiger partial charge in [0.05, 0.1) is 19.2 Å². The molecule has 1 atom stereocenters. The zero-order valence-electron chi connectivity index (χ0n) is 9.38. The first-order valence-electron chi connectivity index (χ1n) is 5.48. The second-order valence-corrected chi connectivity index (χ2v) is 4.36. The van der Waals surface area contributed by atoms with Crippen LogP contribution in [-0.2, 0) is 6.42 Å². The minimum atomic E-state index is 0.00950. The van der Waals surface area contributed by atoms with Crippen LogP contribution in [0.3, 0.4) is 0 Å². The van der Waals surface area contributed by atoms with E-state index < -0.39 is 0 Å². The van der Waals surface area contributed by atoms with E-state index in [9.17, 15) is 5.11 Å². The molecule has 0 bridgehead atoms. The molecule has 92 valence electrons. The van der Waals surface area contributed by atoms with Crippen LogP contribution >= 0.6 is 11.6 Å². The van der Waals surface area contributed by atoms with Crippen LogP contribution in [0.25, 0.3) is 0 Å². The Morgan fingerprint density at radius 3 is 3.00 bits per heavy atom. The molecule has 1 aromatic heterocycles. The molecule has 1 aliphatic heterocycles. The summed E-state index contributed by atoms with van der Waals surface area (Å²) in [4.78, 5) is 10.1. The molecule has 1 aliphatic rings. The maximum atomic E-state index is 9.19. The molecule has 0 amide bonds. The molecule has 0 aliphatic carbocycles. The number of aromatic nitrogens is 1. The fourth-order valence-corrected chi connectivity index (χ4v) is 1.94. The van der Waals surface area contributed by atoms with Crippen LogP contribution in [0.15, 0.2) is 23.3 Å². The number of nitrogens with zero attached hydrogens (tertiary/aromatic N) is 3. The van der Waals surface area contributed by atoms with Crippen molar-refractivity contribution in [1.29, 1.82) is 0 Å². The van der Waals surface area contributed by atoms with Crippen LogP contribution in [0.5, 0.6) is 0 Å². The van der Waals surface area contributed by atoms with E-state index in [1.807, 2.05) is 11.0 Å². The number of halogens is 1. The van der Waals surface area contributed by atoms with Gasteiger partial charge in [-0.3, -0.25) is 4.99 Å². The summed E-state index contributed by atoms with van der Waals surface area (Å²) in [5.74, 6) is 0.506. The third-order valence-corrected chi connectivity index (χ3v) is 3.06. The third-order valence-electron chi connectivity index (χ3n) is 2.84. The van der Waals surface area contributed by atoms with E-state index in [0.29, 0.717) is 17.7 Å². The summed E-state index contributed by atoms with van der Waals surface area (Å²) in [6.07, 6.45) is 2.55. The van der Waals surface area contributed by atoms with Gasteiger partial charge in [0.1, 0.15) is 5.15 Å². The smallest absolute Gasteiger partial charge is 0.191 e. The minimum absolute atomic E-state index is 0.00950. The highest BCUT2D eigenvalue weighted by Gasteiger charge is 2.24. The van der Waals surface area contributed by atoms with Crippen molar-refractivity contribution in [2.75, 3.05) is 19.7 Å². The third kappa shape index (κ3) is 2.87. The van der Waals surface area contributed by atoms with Gasteiger partial charge in [-0.1, -0.05) is 17.7 Å². The first-order chi connectivity index (χ1) is 8.20. The zero-order chi connectivity index (χ0) is 12.3. The second-order valence-electron chi connectivity index (χ2n) is 3.97. The first kappa shape index (κ1) is 12.1. The molecule has 3 N–H and O–H groups in total. The van der Waals surface area contributed by atoms with Gasteiger partial charge in [-0.25, -0.2) is 4.98 Å². The van der Waals surface area contributed by atoms with Crippen molar-refractivity contribution in [1.82, 2.24) is 9.88 Å². The van der Waals surface area contributed by atoms with Gasteiger partial charge in [0.25, 0.3) is 0 Å². The average Bonchev–Trinajstić information content (AvgIpc) is 2.69. The maximum absolute atomic E-state index is 9.19. The number of pyridine rings is 1. The number of aliphatic imine (C=N–C) groups is 1. The maximum Gasteiger partial charge on any atom is 0.191 e. The molecular weight excluding hydrogens is 240 g/mol. The first-order valence-corrected chi connectivity index (χ1v) is 5.86. The zero-order valence-corrected chi connectivity index (χ0v) is 10.1. The highest BCUT2D eigenvalue weighted by molar-refractivity contribution is 6.29. The highest BCUT2D eigenvalue weighted by atomic mass is 35.5. The van der Waals surface area contributed by atoms with Crippen LogP contribution in [-0.4, -0.2) is 46.7 Å². The molecule has 1 aromatic rings. The van der Waals surface area contributed by atoms with Crippen molar-refractivity contribution in [2.24, 2.45) is 10.7 Å². The Hall–Kier alpha value is -1.33. The van der Waals surface area contributed by atoms with Gasteiger partial charge in [0, 0.05) is 12.7 Å². The number of hydrogen-bond donors (Lipinski definition) is 2. The van der Waals surface area contributed by atoms with Crippen molar-refractivity contribution in [3.05, 3.63) is 29.0 Å². The number of guanidine groups is 1. The molecule has 0 fully saturated rings. The highest BCUT2D eigenvalue weighted by Crippen LogP contribution is 2.11. The van der Waals surface area contributed by atoms with Crippen molar-refractivity contribution >= 4 is 17.6 Å². The predicted molar refractivity (Wildman–Crippen MR) is 67.0 cm³/mol. The molecular formula is C11H15ClN4O. The van der Waals surface area contributed by atoms with Crippen molar-refractivity contribution < 1.29 is 5.11 Å². The number of rotatable bonds is 4. The molecule has 0 saturated heterocycles. The lowest BCUT2D eigenvalue weighted by Crippen LogP contribution is -2.43. The molecule has 0 saturated carbocycles. The van der Waals surface area contributed by atoms with E-state index in [1.165, 1.54) is 0 Å². The van der Waals surface area contributed by atoms with Crippen LogP contribution in [0.4, 0.5) is 0 Å². The Morgan fingerprint density at radius 2 is 2.35 bits per heavy atom. The van der Waals surface area contributed by atoms with Gasteiger partial charge in [-0.05, 0) is 18.1 Å². The summed E-state index contributed by atoms with van der Waals surface area (Å²) >= 11 is 5.71. The van der Waals surface area contributed by atoms with Crippen molar-refractivity contribution in [3.63, 3.8) is 0 Å². The molecule has 17 heavy (non-hydrogen) atoms. The van der Waals surface area contributed by atoms with Gasteiger partial charge < -0.3 is 15.7 Å². The minimum Gasteiger partial charge on any atom is -0.394 e. The Kier molecular flexibility index (Phi) is 3.81. The van der Waals surface area contributed by atoms with E-state index in [2.05, 4.69) is 9.98 Å². The molecule has 5 nitrogen and oxygen atoms in total. The number of hydrogen-bond acceptors (Lipinski definition) is 5. The summed E-state index contributed by atoms with van der Waals surface area (Å²) in [6, 6.07) is 3.71. The number of nitrogens with two attached hydrogens (primary N) is 1.